The fourth-order valence-corrected chi connectivity index (χ4v) is 2.55. The second-order valence-electron chi connectivity index (χ2n) is 5.00. The van der Waals surface area contributed by atoms with Gasteiger partial charge in [-0.3, -0.25) is 9.88 Å². The predicted octanol–water partition coefficient (Wildman–Crippen LogP) is 3.28. The Morgan fingerprint density at radius 1 is 1.30 bits per heavy atom. The Morgan fingerprint density at radius 3 is 2.70 bits per heavy atom. The summed E-state index contributed by atoms with van der Waals surface area (Å²) in [4.78, 5) is 6.61. The van der Waals surface area contributed by atoms with Crippen LogP contribution >= 0.6 is 15.9 Å². The molecule has 0 amide bonds. The number of rotatable bonds is 5. The minimum absolute atomic E-state index is 0.198. The maximum Gasteiger partial charge on any atom is 0.0544 e. The second-order valence-corrected chi connectivity index (χ2v) is 5.85. The third-order valence-electron chi connectivity index (χ3n) is 3.46. The molecule has 2 rings (SSSR count). The van der Waals surface area contributed by atoms with Crippen LogP contribution in [0.1, 0.15) is 22.9 Å². The van der Waals surface area contributed by atoms with E-state index < -0.39 is 0 Å². The lowest BCUT2D eigenvalue weighted by Gasteiger charge is -2.27. The van der Waals surface area contributed by atoms with Crippen LogP contribution in [0.25, 0.3) is 0 Å². The molecule has 0 saturated carbocycles. The van der Waals surface area contributed by atoms with Crippen LogP contribution in [0.3, 0.4) is 0 Å². The summed E-state index contributed by atoms with van der Waals surface area (Å²) in [6.07, 6.45) is 1.82. The molecule has 1 aromatic heterocycles. The SMILES string of the molecule is Cc1cc(C(CN)N(C)Cc2ccccn2)ccc1Br. The zero-order valence-electron chi connectivity index (χ0n) is 11.9. The van der Waals surface area contributed by atoms with Gasteiger partial charge in [-0.15, -0.1) is 0 Å². The average molecular weight is 334 g/mol. The highest BCUT2D eigenvalue weighted by molar-refractivity contribution is 9.10. The quantitative estimate of drug-likeness (QED) is 0.912. The van der Waals surface area contributed by atoms with Crippen LogP contribution in [-0.4, -0.2) is 23.5 Å². The first-order chi connectivity index (χ1) is 9.61. The van der Waals surface area contributed by atoms with Gasteiger partial charge in [0.05, 0.1) is 5.69 Å². The maximum absolute atomic E-state index is 5.97. The van der Waals surface area contributed by atoms with Crippen LogP contribution in [0.15, 0.2) is 47.1 Å². The van der Waals surface area contributed by atoms with Crippen LogP contribution < -0.4 is 5.73 Å². The van der Waals surface area contributed by atoms with Gasteiger partial charge < -0.3 is 5.73 Å². The molecule has 20 heavy (non-hydrogen) atoms. The van der Waals surface area contributed by atoms with E-state index in [1.54, 1.807) is 0 Å². The number of hydrogen-bond acceptors (Lipinski definition) is 3. The van der Waals surface area contributed by atoms with Crippen LogP contribution in [0.5, 0.6) is 0 Å². The largest absolute Gasteiger partial charge is 0.329 e. The van der Waals surface area contributed by atoms with E-state index in [1.807, 2.05) is 24.4 Å². The van der Waals surface area contributed by atoms with Gasteiger partial charge in [0.1, 0.15) is 0 Å². The standard InChI is InChI=1S/C16H20BrN3/c1-12-9-13(6-7-15(12)17)16(10-18)20(2)11-14-5-3-4-8-19-14/h3-9,16H,10-11,18H2,1-2H3. The summed E-state index contributed by atoms with van der Waals surface area (Å²) in [6.45, 7) is 3.47. The average Bonchev–Trinajstić information content (AvgIpc) is 2.44. The predicted molar refractivity (Wildman–Crippen MR) is 86.4 cm³/mol. The first-order valence-electron chi connectivity index (χ1n) is 6.68. The van der Waals surface area contributed by atoms with Gasteiger partial charge >= 0.3 is 0 Å². The van der Waals surface area contributed by atoms with E-state index in [9.17, 15) is 0 Å². The number of pyridine rings is 1. The third kappa shape index (κ3) is 3.66. The molecule has 0 aliphatic carbocycles. The highest BCUT2D eigenvalue weighted by Crippen LogP contribution is 2.24. The van der Waals surface area contributed by atoms with Crippen molar-refractivity contribution in [2.45, 2.75) is 19.5 Å². The molecule has 106 valence electrons. The van der Waals surface area contributed by atoms with Gasteiger partial charge in [0, 0.05) is 29.8 Å². The maximum atomic E-state index is 5.97. The Kier molecular flexibility index (Phi) is 5.29. The number of hydrogen-bond donors (Lipinski definition) is 1. The summed E-state index contributed by atoms with van der Waals surface area (Å²) in [5.41, 5.74) is 9.50. The Morgan fingerprint density at radius 2 is 2.10 bits per heavy atom. The van der Waals surface area contributed by atoms with E-state index in [0.717, 1.165) is 16.7 Å². The molecule has 1 aromatic carbocycles. The number of nitrogens with two attached hydrogens (primary N) is 1. The zero-order valence-corrected chi connectivity index (χ0v) is 13.5. The molecule has 0 aliphatic heterocycles. The van der Waals surface area contributed by atoms with Gasteiger partial charge in [-0.2, -0.15) is 0 Å². The molecule has 0 fully saturated rings. The summed E-state index contributed by atoms with van der Waals surface area (Å²) in [7, 11) is 2.09. The monoisotopic (exact) mass is 333 g/mol. The topological polar surface area (TPSA) is 42.1 Å². The second kappa shape index (κ2) is 6.97. The smallest absolute Gasteiger partial charge is 0.0544 e. The number of aryl methyl sites for hydroxylation is 1. The Balaban J connectivity index is 2.16. The lowest BCUT2D eigenvalue weighted by Crippen LogP contribution is -2.30. The Bertz CT molecular complexity index is 557. The Hall–Kier alpha value is -1.23. The molecule has 4 heteroatoms. The molecule has 3 nitrogen and oxygen atoms in total. The van der Waals surface area contributed by atoms with Crippen molar-refractivity contribution in [1.82, 2.24) is 9.88 Å². The molecule has 2 aromatic rings. The van der Waals surface area contributed by atoms with Crippen molar-refractivity contribution in [3.8, 4) is 0 Å². The van der Waals surface area contributed by atoms with E-state index >= 15 is 0 Å². The fourth-order valence-electron chi connectivity index (χ4n) is 2.30. The number of likely N-dealkylation sites (N-methyl/N-ethyl adjacent to an activating group) is 1. The summed E-state index contributed by atoms with van der Waals surface area (Å²) in [6, 6.07) is 12.6. The molecule has 1 heterocycles. The molecule has 1 unspecified atom stereocenters. The molecule has 0 saturated heterocycles. The van der Waals surface area contributed by atoms with Gasteiger partial charge in [-0.05, 0) is 43.3 Å². The van der Waals surface area contributed by atoms with Crippen LogP contribution in [-0.2, 0) is 6.54 Å². The van der Waals surface area contributed by atoms with E-state index in [2.05, 4.69) is 58.0 Å². The summed E-state index contributed by atoms with van der Waals surface area (Å²) in [5.74, 6) is 0. The van der Waals surface area contributed by atoms with Gasteiger partial charge in [0.2, 0.25) is 0 Å². The summed E-state index contributed by atoms with van der Waals surface area (Å²) >= 11 is 3.54. The van der Waals surface area contributed by atoms with Gasteiger partial charge in [0.25, 0.3) is 0 Å². The van der Waals surface area contributed by atoms with Crippen molar-refractivity contribution in [3.05, 3.63) is 63.9 Å². The van der Waals surface area contributed by atoms with E-state index in [1.165, 1.54) is 11.1 Å². The molecular formula is C16H20BrN3. The Labute approximate surface area is 129 Å². The van der Waals surface area contributed by atoms with Crippen molar-refractivity contribution in [1.29, 1.82) is 0 Å². The fraction of sp³-hybridized carbons (Fsp3) is 0.312. The van der Waals surface area contributed by atoms with Gasteiger partial charge in [0.15, 0.2) is 0 Å². The number of halogens is 1. The molecule has 2 N–H and O–H groups in total. The highest BCUT2D eigenvalue weighted by atomic mass is 79.9. The summed E-state index contributed by atoms with van der Waals surface area (Å²) < 4.78 is 1.13. The van der Waals surface area contributed by atoms with Crippen molar-refractivity contribution >= 4 is 15.9 Å². The van der Waals surface area contributed by atoms with Gasteiger partial charge in [-0.25, -0.2) is 0 Å². The minimum Gasteiger partial charge on any atom is -0.329 e. The number of benzene rings is 1. The molecular weight excluding hydrogens is 314 g/mol. The lowest BCUT2D eigenvalue weighted by atomic mass is 10.0. The molecule has 0 radical (unpaired) electrons. The number of nitrogens with zero attached hydrogens (tertiary/aromatic N) is 2. The van der Waals surface area contributed by atoms with Crippen LogP contribution in [0, 0.1) is 6.92 Å². The highest BCUT2D eigenvalue weighted by Gasteiger charge is 2.16. The lowest BCUT2D eigenvalue weighted by molar-refractivity contribution is 0.239. The van der Waals surface area contributed by atoms with Gasteiger partial charge in [-0.1, -0.05) is 34.1 Å². The van der Waals surface area contributed by atoms with E-state index in [0.29, 0.717) is 6.54 Å². The minimum atomic E-state index is 0.198. The van der Waals surface area contributed by atoms with Crippen molar-refractivity contribution in [2.24, 2.45) is 5.73 Å². The number of aromatic nitrogens is 1. The van der Waals surface area contributed by atoms with Crippen LogP contribution in [0.2, 0.25) is 0 Å². The first kappa shape index (κ1) is 15.2. The van der Waals surface area contributed by atoms with Crippen molar-refractivity contribution < 1.29 is 0 Å². The van der Waals surface area contributed by atoms with E-state index in [-0.39, 0.29) is 6.04 Å². The molecule has 1 atom stereocenters. The van der Waals surface area contributed by atoms with Crippen molar-refractivity contribution in [2.75, 3.05) is 13.6 Å². The van der Waals surface area contributed by atoms with Crippen LogP contribution in [0.4, 0.5) is 0 Å². The molecule has 0 aliphatic rings. The van der Waals surface area contributed by atoms with Crippen molar-refractivity contribution in [3.63, 3.8) is 0 Å². The third-order valence-corrected chi connectivity index (χ3v) is 4.35. The zero-order chi connectivity index (χ0) is 14.5. The first-order valence-corrected chi connectivity index (χ1v) is 7.47. The molecule has 0 spiro atoms. The summed E-state index contributed by atoms with van der Waals surface area (Å²) in [5, 5.41) is 0. The molecule has 0 bridgehead atoms. The normalized spacial score (nSPS) is 12.7. The van der Waals surface area contributed by atoms with E-state index in [4.69, 9.17) is 5.73 Å².